The number of hydrogen-bond acceptors (Lipinski definition) is 8. The zero-order chi connectivity index (χ0) is 12.5. The zero-order valence-corrected chi connectivity index (χ0v) is 9.96. The highest BCUT2D eigenvalue weighted by atomic mass is 32.1. The number of hydrazine groups is 1. The number of anilines is 1. The minimum Gasteiger partial charge on any atom is -0.368 e. The molecule has 0 fully saturated rings. The molecule has 92 valence electrons. The standard InChI is InChI=1S/C9H9N7OS/c10-8-12-4-6-7(13-8)16(9(17)18-6)14-15-3-1-2-11-5-15/h1-4,14H,5H2,(H2,10,12,13). The molecule has 0 saturated heterocycles. The fourth-order valence-electron chi connectivity index (χ4n) is 1.50. The predicted octanol–water partition coefficient (Wildman–Crippen LogP) is -0.249. The second-order valence-corrected chi connectivity index (χ2v) is 4.50. The summed E-state index contributed by atoms with van der Waals surface area (Å²) in [4.78, 5) is 23.6. The Bertz CT molecular complexity index is 700. The second-order valence-electron chi connectivity index (χ2n) is 3.50. The summed E-state index contributed by atoms with van der Waals surface area (Å²) in [5, 5.41) is 1.66. The molecule has 8 nitrogen and oxygen atoms in total. The molecule has 3 heterocycles. The van der Waals surface area contributed by atoms with Gasteiger partial charge in [-0.25, -0.2) is 10.5 Å². The van der Waals surface area contributed by atoms with Crippen molar-refractivity contribution in [3.8, 4) is 0 Å². The van der Waals surface area contributed by atoms with Crippen molar-refractivity contribution in [2.24, 2.45) is 4.99 Å². The summed E-state index contributed by atoms with van der Waals surface area (Å²) in [6.45, 7) is 0.418. The Morgan fingerprint density at radius 3 is 3.17 bits per heavy atom. The van der Waals surface area contributed by atoms with Crippen LogP contribution in [-0.2, 0) is 0 Å². The molecule has 1 aliphatic rings. The van der Waals surface area contributed by atoms with Crippen LogP contribution in [-0.4, -0.2) is 32.5 Å². The van der Waals surface area contributed by atoms with Crippen molar-refractivity contribution < 1.29 is 0 Å². The van der Waals surface area contributed by atoms with Crippen LogP contribution < -0.4 is 16.1 Å². The summed E-state index contributed by atoms with van der Waals surface area (Å²) in [5.74, 6) is 0.128. The molecule has 0 aliphatic carbocycles. The number of aromatic nitrogens is 3. The molecule has 2 aromatic heterocycles. The number of allylic oxidation sites excluding steroid dienone is 1. The molecule has 18 heavy (non-hydrogen) atoms. The van der Waals surface area contributed by atoms with Crippen LogP contribution in [0, 0.1) is 0 Å². The van der Waals surface area contributed by atoms with Crippen molar-refractivity contribution in [3.63, 3.8) is 0 Å². The molecule has 1 aliphatic heterocycles. The lowest BCUT2D eigenvalue weighted by Crippen LogP contribution is -2.37. The highest BCUT2D eigenvalue weighted by Crippen LogP contribution is 2.13. The van der Waals surface area contributed by atoms with Crippen LogP contribution in [0.15, 0.2) is 28.3 Å². The van der Waals surface area contributed by atoms with Crippen molar-refractivity contribution in [1.82, 2.24) is 19.7 Å². The fraction of sp³-hybridized carbons (Fsp3) is 0.111. The van der Waals surface area contributed by atoms with E-state index in [1.165, 1.54) is 10.9 Å². The third kappa shape index (κ3) is 1.80. The van der Waals surface area contributed by atoms with Gasteiger partial charge in [-0.1, -0.05) is 11.3 Å². The van der Waals surface area contributed by atoms with Crippen LogP contribution in [0.1, 0.15) is 0 Å². The van der Waals surface area contributed by atoms with Gasteiger partial charge >= 0.3 is 4.87 Å². The third-order valence-electron chi connectivity index (χ3n) is 2.27. The van der Waals surface area contributed by atoms with Gasteiger partial charge in [0.1, 0.15) is 6.67 Å². The average Bonchev–Trinajstić information content (AvgIpc) is 2.67. The number of rotatable bonds is 2. The van der Waals surface area contributed by atoms with Crippen LogP contribution in [0.25, 0.3) is 10.3 Å². The maximum atomic E-state index is 11.8. The quantitative estimate of drug-likeness (QED) is 0.774. The highest BCUT2D eigenvalue weighted by Gasteiger charge is 2.11. The van der Waals surface area contributed by atoms with Gasteiger partial charge in [-0.05, 0) is 6.08 Å². The second kappa shape index (κ2) is 4.11. The fourth-order valence-corrected chi connectivity index (χ4v) is 2.24. The van der Waals surface area contributed by atoms with E-state index in [9.17, 15) is 4.79 Å². The van der Waals surface area contributed by atoms with Crippen molar-refractivity contribution in [2.75, 3.05) is 17.9 Å². The summed E-state index contributed by atoms with van der Waals surface area (Å²) >= 11 is 1.05. The minimum atomic E-state index is -0.187. The molecule has 0 radical (unpaired) electrons. The molecular weight excluding hydrogens is 254 g/mol. The number of hydrogen-bond donors (Lipinski definition) is 2. The summed E-state index contributed by atoms with van der Waals surface area (Å²) in [7, 11) is 0. The Labute approximate surface area is 105 Å². The maximum Gasteiger partial charge on any atom is 0.329 e. The number of nitrogens with one attached hydrogen (secondary N) is 1. The van der Waals surface area contributed by atoms with Gasteiger partial charge in [0, 0.05) is 12.4 Å². The van der Waals surface area contributed by atoms with Gasteiger partial charge in [-0.2, -0.15) is 9.66 Å². The summed E-state index contributed by atoms with van der Waals surface area (Å²) in [6, 6.07) is 0. The molecule has 2 aromatic rings. The molecular formula is C9H9N7OS. The van der Waals surface area contributed by atoms with Gasteiger partial charge in [0.2, 0.25) is 5.95 Å². The van der Waals surface area contributed by atoms with Crippen molar-refractivity contribution in [3.05, 3.63) is 28.1 Å². The zero-order valence-electron chi connectivity index (χ0n) is 9.15. The minimum absolute atomic E-state index is 0.128. The lowest BCUT2D eigenvalue weighted by molar-refractivity contribution is 0.403. The topological polar surface area (TPSA) is 101 Å². The molecule has 0 bridgehead atoms. The smallest absolute Gasteiger partial charge is 0.329 e. The van der Waals surface area contributed by atoms with Crippen LogP contribution in [0.4, 0.5) is 5.95 Å². The normalized spacial score (nSPS) is 14.3. The summed E-state index contributed by atoms with van der Waals surface area (Å²) in [5.41, 5.74) is 8.88. The van der Waals surface area contributed by atoms with Crippen LogP contribution in [0.5, 0.6) is 0 Å². The lowest BCUT2D eigenvalue weighted by Gasteiger charge is -2.21. The first-order chi connectivity index (χ1) is 8.74. The highest BCUT2D eigenvalue weighted by molar-refractivity contribution is 7.16. The van der Waals surface area contributed by atoms with E-state index in [1.807, 2.05) is 0 Å². The van der Waals surface area contributed by atoms with Gasteiger partial charge in [-0.3, -0.25) is 14.8 Å². The molecule has 0 amide bonds. The van der Waals surface area contributed by atoms with Gasteiger partial charge in [0.15, 0.2) is 5.65 Å². The van der Waals surface area contributed by atoms with E-state index in [0.29, 0.717) is 17.0 Å². The molecule has 0 spiro atoms. The molecule has 9 heteroatoms. The van der Waals surface area contributed by atoms with Crippen molar-refractivity contribution in [1.29, 1.82) is 0 Å². The van der Waals surface area contributed by atoms with Crippen molar-refractivity contribution in [2.45, 2.75) is 0 Å². The number of thiazole rings is 1. The number of aliphatic imine (C=N–C) groups is 1. The van der Waals surface area contributed by atoms with Crippen LogP contribution in [0.2, 0.25) is 0 Å². The first kappa shape index (κ1) is 10.7. The average molecular weight is 263 g/mol. The van der Waals surface area contributed by atoms with E-state index in [4.69, 9.17) is 5.73 Å². The monoisotopic (exact) mass is 263 g/mol. The maximum absolute atomic E-state index is 11.8. The number of nitrogens with zero attached hydrogens (tertiary/aromatic N) is 5. The SMILES string of the molecule is Nc1ncc2sc(=O)n(NN3C=CC=NC3)c2n1. The molecule has 0 saturated carbocycles. The largest absolute Gasteiger partial charge is 0.368 e. The third-order valence-corrected chi connectivity index (χ3v) is 3.13. The number of nitrogen functional groups attached to an aromatic ring is 1. The molecule has 0 unspecified atom stereocenters. The lowest BCUT2D eigenvalue weighted by atomic mass is 10.6. The molecule has 0 atom stereocenters. The first-order valence-corrected chi connectivity index (χ1v) is 5.90. The number of nitrogens with two attached hydrogens (primary N) is 1. The van der Waals surface area contributed by atoms with E-state index >= 15 is 0 Å². The van der Waals surface area contributed by atoms with Gasteiger partial charge in [0.05, 0.1) is 10.9 Å². The van der Waals surface area contributed by atoms with Gasteiger partial charge < -0.3 is 5.73 Å². The number of fused-ring (bicyclic) bond motifs is 1. The Morgan fingerprint density at radius 1 is 1.50 bits per heavy atom. The summed E-state index contributed by atoms with van der Waals surface area (Å²) < 4.78 is 2.00. The molecule has 0 aromatic carbocycles. The predicted molar refractivity (Wildman–Crippen MR) is 69.8 cm³/mol. The Morgan fingerprint density at radius 2 is 2.39 bits per heavy atom. The molecule has 3 rings (SSSR count). The molecule has 3 N–H and O–H groups in total. The van der Waals surface area contributed by atoms with Crippen molar-refractivity contribution >= 4 is 33.8 Å². The van der Waals surface area contributed by atoms with E-state index in [2.05, 4.69) is 20.5 Å². The van der Waals surface area contributed by atoms with Gasteiger partial charge in [0.25, 0.3) is 0 Å². The van der Waals surface area contributed by atoms with Crippen LogP contribution in [0.3, 0.4) is 0 Å². The van der Waals surface area contributed by atoms with Crippen LogP contribution >= 0.6 is 11.3 Å². The Balaban J connectivity index is 2.02. The van der Waals surface area contributed by atoms with E-state index in [-0.39, 0.29) is 10.8 Å². The first-order valence-electron chi connectivity index (χ1n) is 5.08. The Hall–Kier alpha value is -2.42. The van der Waals surface area contributed by atoms with Gasteiger partial charge in [-0.15, -0.1) is 0 Å². The van der Waals surface area contributed by atoms with E-state index in [1.54, 1.807) is 23.5 Å². The van der Waals surface area contributed by atoms with E-state index in [0.717, 1.165) is 11.3 Å². The Kier molecular flexibility index (Phi) is 2.45. The van der Waals surface area contributed by atoms with E-state index < -0.39 is 0 Å². The summed E-state index contributed by atoms with van der Waals surface area (Å²) in [6.07, 6.45) is 6.76.